The zero-order valence-electron chi connectivity index (χ0n) is 6.94. The van der Waals surface area contributed by atoms with E-state index < -0.39 is 11.9 Å². The molecule has 0 fully saturated rings. The second-order valence-corrected chi connectivity index (χ2v) is 4.90. The Balaban J connectivity index is 2.62. The van der Waals surface area contributed by atoms with Crippen LogP contribution >= 0.6 is 23.1 Å². The summed E-state index contributed by atoms with van der Waals surface area (Å²) in [4.78, 5) is 22.5. The summed E-state index contributed by atoms with van der Waals surface area (Å²) >= 11 is 2.70. The van der Waals surface area contributed by atoms with Crippen molar-refractivity contribution in [3.05, 3.63) is 20.9 Å². The summed E-state index contributed by atoms with van der Waals surface area (Å²) in [5, 5.41) is 17.7. The number of rotatable bonds is 2. The fourth-order valence-electron chi connectivity index (χ4n) is 1.40. The highest BCUT2D eigenvalue weighted by molar-refractivity contribution is 7.98. The molecule has 0 radical (unpaired) electrons. The van der Waals surface area contributed by atoms with E-state index in [1.165, 1.54) is 0 Å². The first kappa shape index (κ1) is 9.54. The largest absolute Gasteiger partial charge is 0.478 e. The van der Waals surface area contributed by atoms with Crippen molar-refractivity contribution in [2.75, 3.05) is 0 Å². The summed E-state index contributed by atoms with van der Waals surface area (Å²) in [6.45, 7) is 0. The van der Waals surface area contributed by atoms with Gasteiger partial charge in [-0.2, -0.15) is 11.8 Å². The summed E-state index contributed by atoms with van der Waals surface area (Å²) in [5.74, 6) is -0.942. The number of carbonyl (C=O) groups is 2. The van der Waals surface area contributed by atoms with E-state index in [4.69, 9.17) is 10.2 Å². The molecule has 0 aliphatic carbocycles. The van der Waals surface area contributed by atoms with Crippen LogP contribution in [-0.2, 0) is 11.5 Å². The Morgan fingerprint density at radius 3 is 2.43 bits per heavy atom. The molecule has 2 rings (SSSR count). The molecule has 4 nitrogen and oxygen atoms in total. The monoisotopic (exact) mass is 230 g/mol. The van der Waals surface area contributed by atoms with Crippen molar-refractivity contribution in [1.82, 2.24) is 0 Å². The van der Waals surface area contributed by atoms with Gasteiger partial charge in [0.05, 0.1) is 5.56 Å². The number of carboxylic acids is 2. The molecule has 0 saturated carbocycles. The van der Waals surface area contributed by atoms with E-state index in [1.54, 1.807) is 11.8 Å². The molecule has 14 heavy (non-hydrogen) atoms. The van der Waals surface area contributed by atoms with E-state index >= 15 is 0 Å². The van der Waals surface area contributed by atoms with Gasteiger partial charge in [-0.15, -0.1) is 11.3 Å². The second kappa shape index (κ2) is 3.29. The highest BCUT2D eigenvalue weighted by Gasteiger charge is 2.29. The highest BCUT2D eigenvalue weighted by Crippen LogP contribution is 2.39. The lowest BCUT2D eigenvalue weighted by Gasteiger charge is -1.95. The maximum atomic E-state index is 10.9. The van der Waals surface area contributed by atoms with Crippen LogP contribution in [0.2, 0.25) is 0 Å². The standard InChI is InChI=1S/C8H6O4S2/c9-7(10)5-3-1-13-2-4(3)14-6(5)8(11)12/h1-2H2,(H,9,10)(H,11,12). The van der Waals surface area contributed by atoms with E-state index in [9.17, 15) is 9.59 Å². The van der Waals surface area contributed by atoms with Gasteiger partial charge in [0, 0.05) is 16.4 Å². The minimum absolute atomic E-state index is 0.0116. The van der Waals surface area contributed by atoms with Crippen LogP contribution < -0.4 is 0 Å². The Kier molecular flexibility index (Phi) is 2.24. The van der Waals surface area contributed by atoms with Crippen LogP contribution in [0.3, 0.4) is 0 Å². The van der Waals surface area contributed by atoms with E-state index in [0.717, 1.165) is 22.0 Å². The predicted molar refractivity (Wildman–Crippen MR) is 53.2 cm³/mol. The summed E-state index contributed by atoms with van der Waals surface area (Å²) < 4.78 is 0. The second-order valence-electron chi connectivity index (χ2n) is 2.81. The minimum atomic E-state index is -1.15. The molecule has 1 aliphatic rings. The third kappa shape index (κ3) is 1.31. The lowest BCUT2D eigenvalue weighted by Crippen LogP contribution is -2.05. The molecule has 0 atom stereocenters. The Morgan fingerprint density at radius 2 is 1.86 bits per heavy atom. The Bertz CT molecular complexity index is 421. The summed E-state index contributed by atoms with van der Waals surface area (Å²) in [7, 11) is 0. The zero-order chi connectivity index (χ0) is 10.3. The maximum absolute atomic E-state index is 10.9. The van der Waals surface area contributed by atoms with Crippen molar-refractivity contribution >= 4 is 35.0 Å². The van der Waals surface area contributed by atoms with Gasteiger partial charge in [0.25, 0.3) is 0 Å². The molecule has 0 unspecified atom stereocenters. The van der Waals surface area contributed by atoms with Gasteiger partial charge >= 0.3 is 11.9 Å². The number of hydrogen-bond acceptors (Lipinski definition) is 4. The molecular formula is C8H6O4S2. The third-order valence-corrected chi connectivity index (χ3v) is 4.37. The zero-order valence-corrected chi connectivity index (χ0v) is 8.57. The molecule has 6 heteroatoms. The number of carboxylic acid groups (broad SMARTS) is 2. The number of hydrogen-bond donors (Lipinski definition) is 2. The first-order valence-electron chi connectivity index (χ1n) is 3.80. The number of fused-ring (bicyclic) bond motifs is 1. The van der Waals surface area contributed by atoms with Crippen molar-refractivity contribution in [3.63, 3.8) is 0 Å². The topological polar surface area (TPSA) is 74.6 Å². The van der Waals surface area contributed by atoms with Crippen LogP contribution in [0.25, 0.3) is 0 Å². The quantitative estimate of drug-likeness (QED) is 0.811. The number of thiophene rings is 1. The van der Waals surface area contributed by atoms with E-state index in [-0.39, 0.29) is 10.4 Å². The Morgan fingerprint density at radius 1 is 1.14 bits per heavy atom. The van der Waals surface area contributed by atoms with Gasteiger partial charge in [-0.3, -0.25) is 0 Å². The average molecular weight is 230 g/mol. The van der Waals surface area contributed by atoms with Crippen LogP contribution in [0, 0.1) is 0 Å². The van der Waals surface area contributed by atoms with Gasteiger partial charge in [-0.05, 0) is 5.56 Å². The van der Waals surface area contributed by atoms with Crippen molar-refractivity contribution in [1.29, 1.82) is 0 Å². The van der Waals surface area contributed by atoms with Crippen molar-refractivity contribution < 1.29 is 19.8 Å². The highest BCUT2D eigenvalue weighted by atomic mass is 32.2. The van der Waals surface area contributed by atoms with E-state index in [1.807, 2.05) is 0 Å². The maximum Gasteiger partial charge on any atom is 0.346 e. The van der Waals surface area contributed by atoms with Gasteiger partial charge in [-0.25, -0.2) is 9.59 Å². The Hall–Kier alpha value is -1.01. The summed E-state index contributed by atoms with van der Waals surface area (Å²) in [6, 6.07) is 0. The molecule has 0 spiro atoms. The summed E-state index contributed by atoms with van der Waals surface area (Å²) in [6.07, 6.45) is 0. The van der Waals surface area contributed by atoms with Crippen molar-refractivity contribution in [2.24, 2.45) is 0 Å². The molecule has 0 bridgehead atoms. The normalized spacial score (nSPS) is 14.0. The van der Waals surface area contributed by atoms with Gasteiger partial charge in [0.2, 0.25) is 0 Å². The molecule has 2 heterocycles. The lowest BCUT2D eigenvalue weighted by molar-refractivity contribution is 0.0655. The van der Waals surface area contributed by atoms with Crippen LogP contribution in [0.1, 0.15) is 30.5 Å². The van der Waals surface area contributed by atoms with Crippen molar-refractivity contribution in [2.45, 2.75) is 11.5 Å². The van der Waals surface area contributed by atoms with Crippen LogP contribution in [-0.4, -0.2) is 22.2 Å². The van der Waals surface area contributed by atoms with E-state index in [0.29, 0.717) is 11.3 Å². The fraction of sp³-hybridized carbons (Fsp3) is 0.250. The molecule has 0 saturated heterocycles. The minimum Gasteiger partial charge on any atom is -0.478 e. The summed E-state index contributed by atoms with van der Waals surface area (Å²) in [5.41, 5.74) is 0.687. The van der Waals surface area contributed by atoms with Crippen LogP contribution in [0.5, 0.6) is 0 Å². The molecule has 2 N–H and O–H groups in total. The van der Waals surface area contributed by atoms with E-state index in [2.05, 4.69) is 0 Å². The molecule has 0 aromatic carbocycles. The van der Waals surface area contributed by atoms with Crippen molar-refractivity contribution in [3.8, 4) is 0 Å². The molecule has 74 valence electrons. The molecular weight excluding hydrogens is 224 g/mol. The average Bonchev–Trinajstić information content (AvgIpc) is 2.58. The SMILES string of the molecule is O=C(O)c1sc2c(c1C(=O)O)CSC2. The van der Waals surface area contributed by atoms with Crippen LogP contribution in [0.15, 0.2) is 0 Å². The third-order valence-electron chi connectivity index (χ3n) is 1.98. The predicted octanol–water partition coefficient (Wildman–Crippen LogP) is 1.89. The molecule has 1 aromatic heterocycles. The van der Waals surface area contributed by atoms with Gasteiger partial charge in [0.15, 0.2) is 0 Å². The molecule has 1 aromatic rings. The molecule has 0 amide bonds. The van der Waals surface area contributed by atoms with Gasteiger partial charge in [0.1, 0.15) is 4.88 Å². The first-order chi connectivity index (χ1) is 6.61. The van der Waals surface area contributed by atoms with Crippen LogP contribution in [0.4, 0.5) is 0 Å². The number of thioether (sulfide) groups is 1. The fourth-order valence-corrected chi connectivity index (χ4v) is 3.91. The first-order valence-corrected chi connectivity index (χ1v) is 5.77. The van der Waals surface area contributed by atoms with Gasteiger partial charge in [-0.1, -0.05) is 0 Å². The molecule has 1 aliphatic heterocycles. The van der Waals surface area contributed by atoms with Gasteiger partial charge < -0.3 is 10.2 Å². The Labute approximate surface area is 87.6 Å². The smallest absolute Gasteiger partial charge is 0.346 e. The number of aromatic carboxylic acids is 2. The lowest BCUT2D eigenvalue weighted by atomic mass is 10.1.